The Hall–Kier alpha value is -1.56. The van der Waals surface area contributed by atoms with Crippen LogP contribution in [0.4, 0.5) is 0 Å². The number of hydrogen-bond donors (Lipinski definition) is 0. The fourth-order valence-corrected chi connectivity index (χ4v) is 7.78. The lowest BCUT2D eigenvalue weighted by atomic mass is 9.80. The van der Waals surface area contributed by atoms with Gasteiger partial charge in [-0.05, 0) is 60.9 Å². The monoisotopic (exact) mass is 666 g/mol. The molecule has 0 bridgehead atoms. The van der Waals surface area contributed by atoms with E-state index in [0.717, 1.165) is 19.3 Å². The van der Waals surface area contributed by atoms with Crippen molar-refractivity contribution in [3.8, 4) is 0 Å². The molecular formula is C36H66O7Si2. The number of ether oxygens (including phenoxy) is 2. The van der Waals surface area contributed by atoms with E-state index in [-0.39, 0.29) is 46.2 Å². The van der Waals surface area contributed by atoms with Gasteiger partial charge in [0, 0.05) is 18.8 Å². The van der Waals surface area contributed by atoms with Gasteiger partial charge in [-0.1, -0.05) is 100.0 Å². The number of ketones is 1. The minimum Gasteiger partial charge on any atom is -0.469 e. The number of hydrogen-bond acceptors (Lipinski definition) is 7. The van der Waals surface area contributed by atoms with E-state index in [1.807, 2.05) is 6.08 Å². The molecule has 0 aliphatic heterocycles. The fourth-order valence-electron chi connectivity index (χ4n) is 5.04. The average molecular weight is 667 g/mol. The van der Waals surface area contributed by atoms with Gasteiger partial charge >= 0.3 is 11.9 Å². The summed E-state index contributed by atoms with van der Waals surface area (Å²) in [6.45, 7) is 32.7. The first kappa shape index (κ1) is 41.5. The molecule has 7 nitrogen and oxygen atoms in total. The standard InChI is InChI=1S/C36H66O7Si2/c1-16-18-24-36(9,10)30(43-45(14,15)35(6,7)8)23-22-27-29(42-44(12,13)34(3,4)5)25-28(37)32(27)33(39)41-26(17-2)20-19-21-31(38)40-11/h17,22-23,26-27,29-30,32H,2,16,18-21,24-25H2,1,3-15H3/b23-22+/t26?,27-,29+,30-,32+/m0/s1. The Morgan fingerprint density at radius 1 is 0.978 bits per heavy atom. The van der Waals surface area contributed by atoms with Gasteiger partial charge in [-0.25, -0.2) is 0 Å². The molecular weight excluding hydrogens is 601 g/mol. The summed E-state index contributed by atoms with van der Waals surface area (Å²) in [6.07, 6.45) is 8.94. The Bertz CT molecular complexity index is 1030. The van der Waals surface area contributed by atoms with Crippen LogP contribution in [-0.2, 0) is 32.7 Å². The third-order valence-corrected chi connectivity index (χ3v) is 19.3. The summed E-state index contributed by atoms with van der Waals surface area (Å²) in [5, 5.41) is -0.0380. The first-order valence-electron chi connectivity index (χ1n) is 16.9. The third kappa shape index (κ3) is 11.9. The topological polar surface area (TPSA) is 88.1 Å². The Morgan fingerprint density at radius 2 is 1.56 bits per heavy atom. The Morgan fingerprint density at radius 3 is 2.04 bits per heavy atom. The van der Waals surface area contributed by atoms with Crippen LogP contribution >= 0.6 is 0 Å². The maximum Gasteiger partial charge on any atom is 0.317 e. The van der Waals surface area contributed by atoms with Gasteiger partial charge < -0.3 is 18.3 Å². The maximum atomic E-state index is 13.8. The molecule has 0 N–H and O–H groups in total. The number of esters is 2. The van der Waals surface area contributed by atoms with Crippen LogP contribution in [-0.4, -0.2) is 59.8 Å². The molecule has 0 amide bonds. The van der Waals surface area contributed by atoms with Crippen LogP contribution in [0.25, 0.3) is 0 Å². The van der Waals surface area contributed by atoms with Crippen molar-refractivity contribution in [1.82, 2.24) is 0 Å². The molecule has 0 aromatic heterocycles. The predicted octanol–water partition coefficient (Wildman–Crippen LogP) is 9.19. The van der Waals surface area contributed by atoms with Gasteiger partial charge in [-0.2, -0.15) is 0 Å². The van der Waals surface area contributed by atoms with Gasteiger partial charge in [-0.3, -0.25) is 14.4 Å². The van der Waals surface area contributed by atoms with Gasteiger partial charge in [0.25, 0.3) is 0 Å². The molecule has 0 aromatic carbocycles. The zero-order valence-electron chi connectivity index (χ0n) is 31.1. The van der Waals surface area contributed by atoms with E-state index in [4.69, 9.17) is 18.3 Å². The first-order chi connectivity index (χ1) is 20.4. The highest BCUT2D eigenvalue weighted by Crippen LogP contribution is 2.44. The lowest BCUT2D eigenvalue weighted by Crippen LogP contribution is -2.47. The van der Waals surface area contributed by atoms with Gasteiger partial charge in [0.15, 0.2) is 16.6 Å². The van der Waals surface area contributed by atoms with Gasteiger partial charge in [0.05, 0.1) is 19.3 Å². The van der Waals surface area contributed by atoms with Crippen molar-refractivity contribution in [3.63, 3.8) is 0 Å². The second-order valence-electron chi connectivity index (χ2n) is 16.6. The highest BCUT2D eigenvalue weighted by atomic mass is 28.4. The Kier molecular flexibility index (Phi) is 15.2. The molecule has 45 heavy (non-hydrogen) atoms. The summed E-state index contributed by atoms with van der Waals surface area (Å²) in [5.41, 5.74) is -0.149. The normalized spacial score (nSPS) is 21.6. The van der Waals surface area contributed by atoms with Crippen molar-refractivity contribution < 1.29 is 32.7 Å². The number of carbonyl (C=O) groups is 3. The van der Waals surface area contributed by atoms with Crippen LogP contribution in [0.1, 0.15) is 107 Å². The van der Waals surface area contributed by atoms with Crippen molar-refractivity contribution >= 4 is 34.4 Å². The predicted molar refractivity (Wildman–Crippen MR) is 189 cm³/mol. The third-order valence-electron chi connectivity index (χ3n) is 10.4. The van der Waals surface area contributed by atoms with Gasteiger partial charge in [0.1, 0.15) is 17.8 Å². The summed E-state index contributed by atoms with van der Waals surface area (Å²) >= 11 is 0. The summed E-state index contributed by atoms with van der Waals surface area (Å²) in [4.78, 5) is 39.0. The minimum absolute atomic E-state index is 0.0249. The van der Waals surface area contributed by atoms with Crippen LogP contribution in [0, 0.1) is 17.3 Å². The van der Waals surface area contributed by atoms with E-state index < -0.39 is 46.6 Å². The molecule has 1 rings (SSSR count). The molecule has 0 saturated heterocycles. The SMILES string of the molecule is C=CC(CCCC(=O)OC)OC(=O)[C@H]1C(=O)C[C@@H](O[Si](C)(C)C(C)(C)C)[C@@H]1/C=C/[C@H](O[Si](C)(C)C(C)(C)C)C(C)(C)CCCC. The van der Waals surface area contributed by atoms with Crippen molar-refractivity contribution in [3.05, 3.63) is 24.8 Å². The second kappa shape index (κ2) is 16.5. The maximum absolute atomic E-state index is 13.8. The highest BCUT2D eigenvalue weighted by molar-refractivity contribution is 6.74. The Labute approximate surface area is 277 Å². The summed E-state index contributed by atoms with van der Waals surface area (Å²) in [6, 6.07) is 0. The second-order valence-corrected chi connectivity index (χ2v) is 26.1. The van der Waals surface area contributed by atoms with E-state index >= 15 is 0 Å². The fraction of sp³-hybridized carbons (Fsp3) is 0.806. The molecule has 9 heteroatoms. The molecule has 0 spiro atoms. The molecule has 1 aliphatic rings. The number of Topliss-reactive ketones (excluding diaryl/α,β-unsaturated/α-hetero) is 1. The van der Waals surface area contributed by atoms with E-state index in [1.54, 1.807) is 6.08 Å². The summed E-state index contributed by atoms with van der Waals surface area (Å²) < 4.78 is 24.5. The first-order valence-corrected chi connectivity index (χ1v) is 22.7. The largest absolute Gasteiger partial charge is 0.469 e. The zero-order valence-corrected chi connectivity index (χ0v) is 33.1. The molecule has 0 heterocycles. The molecule has 0 radical (unpaired) electrons. The lowest BCUT2D eigenvalue weighted by molar-refractivity contribution is -0.155. The smallest absolute Gasteiger partial charge is 0.317 e. The average Bonchev–Trinajstić information content (AvgIpc) is 3.21. The van der Waals surface area contributed by atoms with E-state index in [9.17, 15) is 14.4 Å². The van der Waals surface area contributed by atoms with Crippen LogP contribution in [0.2, 0.25) is 36.3 Å². The lowest BCUT2D eigenvalue weighted by Gasteiger charge is -2.44. The van der Waals surface area contributed by atoms with Crippen LogP contribution in [0.15, 0.2) is 24.8 Å². The van der Waals surface area contributed by atoms with E-state index in [1.165, 1.54) is 7.11 Å². The number of unbranched alkanes of at least 4 members (excludes halogenated alkanes) is 1. The molecule has 5 atom stereocenters. The number of methoxy groups -OCH3 is 1. The molecule has 1 unspecified atom stereocenters. The van der Waals surface area contributed by atoms with Gasteiger partial charge in [-0.15, -0.1) is 0 Å². The molecule has 1 fully saturated rings. The van der Waals surface area contributed by atoms with Gasteiger partial charge in [0.2, 0.25) is 0 Å². The molecule has 1 saturated carbocycles. The van der Waals surface area contributed by atoms with Crippen molar-refractivity contribution in [2.24, 2.45) is 17.3 Å². The summed E-state index contributed by atoms with van der Waals surface area (Å²) in [5.74, 6) is -2.50. The molecule has 260 valence electrons. The van der Waals surface area contributed by atoms with E-state index in [0.29, 0.717) is 12.8 Å². The van der Waals surface area contributed by atoms with Crippen molar-refractivity contribution in [2.75, 3.05) is 7.11 Å². The van der Waals surface area contributed by atoms with Crippen LogP contribution in [0.5, 0.6) is 0 Å². The Balaban J connectivity index is 3.54. The number of rotatable bonds is 17. The minimum atomic E-state index is -2.27. The van der Waals surface area contributed by atoms with Crippen molar-refractivity contribution in [1.29, 1.82) is 0 Å². The zero-order chi connectivity index (χ0) is 35.0. The van der Waals surface area contributed by atoms with Crippen LogP contribution in [0.3, 0.4) is 0 Å². The molecule has 0 aromatic rings. The summed E-state index contributed by atoms with van der Waals surface area (Å²) in [7, 11) is -3.08. The van der Waals surface area contributed by atoms with Crippen LogP contribution < -0.4 is 0 Å². The number of carbonyl (C=O) groups excluding carboxylic acids is 3. The van der Waals surface area contributed by atoms with Crippen molar-refractivity contribution in [2.45, 2.75) is 162 Å². The highest BCUT2D eigenvalue weighted by Gasteiger charge is 2.51. The quantitative estimate of drug-likeness (QED) is 0.0662. The van der Waals surface area contributed by atoms with E-state index in [2.05, 4.69) is 101 Å². The molecule has 1 aliphatic carbocycles.